The Labute approximate surface area is 137 Å². The van der Waals surface area contributed by atoms with Crippen LogP contribution in [0.3, 0.4) is 0 Å². The highest BCUT2D eigenvalue weighted by Crippen LogP contribution is 2.23. The molecule has 3 N–H and O–H groups in total. The fourth-order valence-corrected chi connectivity index (χ4v) is 2.78. The number of thiocarbonyl (C=S) groups is 1. The highest BCUT2D eigenvalue weighted by Gasteiger charge is 2.23. The maximum absolute atomic E-state index is 12.5. The number of carbonyl (C=O) groups is 1. The molecule has 0 spiro atoms. The van der Waals surface area contributed by atoms with Crippen LogP contribution < -0.4 is 11.1 Å². The van der Waals surface area contributed by atoms with Gasteiger partial charge >= 0.3 is 0 Å². The van der Waals surface area contributed by atoms with E-state index in [0.29, 0.717) is 0 Å². The minimum absolute atomic E-state index is 0.161. The number of carbonyl (C=O) groups excluding carboxylic acids is 1. The molecule has 0 radical (unpaired) electrons. The normalized spacial score (nSPS) is 11.7. The van der Waals surface area contributed by atoms with Gasteiger partial charge in [0.05, 0.1) is 4.99 Å². The number of hydrogen-bond donors (Lipinski definition) is 2. The van der Waals surface area contributed by atoms with E-state index in [1.807, 2.05) is 55.5 Å². The molecule has 0 bridgehead atoms. The molecule has 0 aliphatic carbocycles. The van der Waals surface area contributed by atoms with Gasteiger partial charge in [-0.25, -0.2) is 0 Å². The van der Waals surface area contributed by atoms with Crippen LogP contribution in [-0.4, -0.2) is 10.9 Å². The number of halogens is 1. The van der Waals surface area contributed by atoms with Gasteiger partial charge in [-0.2, -0.15) is 0 Å². The Morgan fingerprint density at radius 3 is 2.48 bits per heavy atom. The van der Waals surface area contributed by atoms with Gasteiger partial charge in [0, 0.05) is 10.2 Å². The number of nitrogens with two attached hydrogens (primary N) is 1. The van der Waals surface area contributed by atoms with Gasteiger partial charge in [0.1, 0.15) is 5.92 Å². The van der Waals surface area contributed by atoms with Gasteiger partial charge < -0.3 is 11.1 Å². The van der Waals surface area contributed by atoms with E-state index in [1.165, 1.54) is 0 Å². The van der Waals surface area contributed by atoms with Crippen LogP contribution in [0.4, 0.5) is 5.69 Å². The first-order chi connectivity index (χ1) is 9.99. The van der Waals surface area contributed by atoms with Gasteiger partial charge in [-0.05, 0) is 36.2 Å². The van der Waals surface area contributed by atoms with Gasteiger partial charge in [0.25, 0.3) is 0 Å². The van der Waals surface area contributed by atoms with Crippen molar-refractivity contribution in [3.05, 3.63) is 64.1 Å². The Morgan fingerprint density at radius 1 is 1.24 bits per heavy atom. The number of anilines is 1. The smallest absolute Gasteiger partial charge is 0.238 e. The van der Waals surface area contributed by atoms with Crippen molar-refractivity contribution < 1.29 is 4.79 Å². The van der Waals surface area contributed by atoms with Crippen molar-refractivity contribution in [2.75, 3.05) is 5.32 Å². The average Bonchev–Trinajstić information content (AvgIpc) is 2.43. The predicted octanol–water partition coefficient (Wildman–Crippen LogP) is 3.77. The molecule has 0 aliphatic rings. The van der Waals surface area contributed by atoms with Crippen molar-refractivity contribution in [1.82, 2.24) is 0 Å². The monoisotopic (exact) mass is 362 g/mol. The lowest BCUT2D eigenvalue weighted by Crippen LogP contribution is -2.31. The third kappa shape index (κ3) is 3.89. The fourth-order valence-electron chi connectivity index (χ4n) is 2.06. The first kappa shape index (κ1) is 15.7. The molecule has 0 heterocycles. The third-order valence-electron chi connectivity index (χ3n) is 3.13. The van der Waals surface area contributed by atoms with Crippen LogP contribution in [0.25, 0.3) is 0 Å². The van der Waals surface area contributed by atoms with E-state index >= 15 is 0 Å². The van der Waals surface area contributed by atoms with Crippen LogP contribution in [0.5, 0.6) is 0 Å². The number of amides is 1. The molecule has 0 saturated carbocycles. The Balaban J connectivity index is 2.26. The van der Waals surface area contributed by atoms with E-state index in [-0.39, 0.29) is 10.9 Å². The zero-order valence-corrected chi connectivity index (χ0v) is 13.9. The minimum Gasteiger partial charge on any atom is -0.392 e. The van der Waals surface area contributed by atoms with Crippen molar-refractivity contribution in [2.45, 2.75) is 12.8 Å². The second-order valence-electron chi connectivity index (χ2n) is 4.69. The van der Waals surface area contributed by atoms with Gasteiger partial charge in [-0.1, -0.05) is 58.5 Å². The molecule has 0 saturated heterocycles. The highest BCUT2D eigenvalue weighted by atomic mass is 79.9. The van der Waals surface area contributed by atoms with Crippen molar-refractivity contribution in [3.8, 4) is 0 Å². The van der Waals surface area contributed by atoms with Gasteiger partial charge in [0.2, 0.25) is 5.91 Å². The minimum atomic E-state index is -0.635. The summed E-state index contributed by atoms with van der Waals surface area (Å²) in [6, 6.07) is 15.0. The molecule has 108 valence electrons. The summed E-state index contributed by atoms with van der Waals surface area (Å²) >= 11 is 8.45. The maximum atomic E-state index is 12.5. The lowest BCUT2D eigenvalue weighted by Gasteiger charge is -2.17. The third-order valence-corrected chi connectivity index (χ3v) is 3.85. The zero-order valence-electron chi connectivity index (χ0n) is 11.5. The second kappa shape index (κ2) is 6.83. The van der Waals surface area contributed by atoms with Gasteiger partial charge in [-0.3, -0.25) is 4.79 Å². The molecule has 0 aromatic heterocycles. The number of nitrogens with one attached hydrogen (secondary N) is 1. The molecule has 1 amide bonds. The Bertz CT molecular complexity index is 673. The molecule has 2 aromatic rings. The molecule has 0 fully saturated rings. The molecule has 3 nitrogen and oxygen atoms in total. The largest absolute Gasteiger partial charge is 0.392 e. The first-order valence-corrected chi connectivity index (χ1v) is 7.60. The summed E-state index contributed by atoms with van der Waals surface area (Å²) in [6.45, 7) is 1.93. The Hall–Kier alpha value is -1.72. The second-order valence-corrected chi connectivity index (χ2v) is 6.08. The molecular formula is C16H15BrN2OS. The highest BCUT2D eigenvalue weighted by molar-refractivity contribution is 9.10. The van der Waals surface area contributed by atoms with E-state index < -0.39 is 5.92 Å². The Morgan fingerprint density at radius 2 is 1.90 bits per heavy atom. The lowest BCUT2D eigenvalue weighted by atomic mass is 9.98. The molecule has 1 atom stereocenters. The molecule has 1 unspecified atom stereocenters. The van der Waals surface area contributed by atoms with Crippen LogP contribution in [-0.2, 0) is 4.79 Å². The molecule has 0 aliphatic heterocycles. The summed E-state index contributed by atoms with van der Waals surface area (Å²) < 4.78 is 0.965. The molecule has 2 aromatic carbocycles. The summed E-state index contributed by atoms with van der Waals surface area (Å²) in [7, 11) is 0. The number of benzene rings is 2. The zero-order chi connectivity index (χ0) is 15.4. The fraction of sp³-hybridized carbons (Fsp3) is 0.125. The van der Waals surface area contributed by atoms with E-state index in [9.17, 15) is 4.79 Å². The number of rotatable bonds is 4. The predicted molar refractivity (Wildman–Crippen MR) is 93.5 cm³/mol. The van der Waals surface area contributed by atoms with E-state index in [0.717, 1.165) is 21.3 Å². The van der Waals surface area contributed by atoms with Crippen molar-refractivity contribution in [3.63, 3.8) is 0 Å². The number of aryl methyl sites for hydroxylation is 1. The summed E-state index contributed by atoms with van der Waals surface area (Å²) in [4.78, 5) is 12.7. The van der Waals surface area contributed by atoms with E-state index in [2.05, 4.69) is 21.2 Å². The molecular weight excluding hydrogens is 348 g/mol. The lowest BCUT2D eigenvalue weighted by molar-refractivity contribution is -0.116. The SMILES string of the molecule is Cc1cc(Br)ccc1NC(=O)C(C(N)=S)c1ccccc1. The van der Waals surface area contributed by atoms with Crippen LogP contribution in [0.2, 0.25) is 0 Å². The Kier molecular flexibility index (Phi) is 5.09. The van der Waals surface area contributed by atoms with Crippen molar-refractivity contribution >= 4 is 44.7 Å². The van der Waals surface area contributed by atoms with Crippen LogP contribution >= 0.6 is 28.1 Å². The van der Waals surface area contributed by atoms with Crippen molar-refractivity contribution in [1.29, 1.82) is 0 Å². The van der Waals surface area contributed by atoms with Crippen LogP contribution in [0, 0.1) is 6.92 Å². The summed E-state index contributed by atoms with van der Waals surface area (Å²) in [5.41, 5.74) is 8.25. The summed E-state index contributed by atoms with van der Waals surface area (Å²) in [6.07, 6.45) is 0. The topological polar surface area (TPSA) is 55.1 Å². The maximum Gasteiger partial charge on any atom is 0.238 e. The van der Waals surface area contributed by atoms with Crippen molar-refractivity contribution in [2.24, 2.45) is 5.73 Å². The molecule has 5 heteroatoms. The first-order valence-electron chi connectivity index (χ1n) is 6.40. The van der Waals surface area contributed by atoms with E-state index in [1.54, 1.807) is 0 Å². The molecule has 21 heavy (non-hydrogen) atoms. The van der Waals surface area contributed by atoms with Crippen LogP contribution in [0.1, 0.15) is 17.0 Å². The number of hydrogen-bond acceptors (Lipinski definition) is 2. The van der Waals surface area contributed by atoms with Gasteiger partial charge in [0.15, 0.2) is 0 Å². The van der Waals surface area contributed by atoms with Gasteiger partial charge in [-0.15, -0.1) is 0 Å². The standard InChI is InChI=1S/C16H15BrN2OS/c1-10-9-12(17)7-8-13(10)19-16(20)14(15(18)21)11-5-3-2-4-6-11/h2-9,14H,1H3,(H2,18,21)(H,19,20). The summed E-state index contributed by atoms with van der Waals surface area (Å²) in [5, 5.41) is 2.89. The summed E-state index contributed by atoms with van der Waals surface area (Å²) in [5.74, 6) is -0.858. The average molecular weight is 363 g/mol. The van der Waals surface area contributed by atoms with E-state index in [4.69, 9.17) is 18.0 Å². The van der Waals surface area contributed by atoms with Crippen LogP contribution in [0.15, 0.2) is 53.0 Å². The quantitative estimate of drug-likeness (QED) is 0.814. The molecule has 2 rings (SSSR count).